The van der Waals surface area contributed by atoms with Crippen molar-refractivity contribution < 1.29 is 19.2 Å². The fraction of sp³-hybridized carbons (Fsp3) is 0.657. The lowest BCUT2D eigenvalue weighted by Gasteiger charge is -2.58. The maximum atomic E-state index is 14.0. The van der Waals surface area contributed by atoms with Crippen LogP contribution in [0.5, 0.6) is 0 Å². The second-order valence-electron chi connectivity index (χ2n) is 14.3. The zero-order valence-corrected chi connectivity index (χ0v) is 25.2. The third-order valence-corrected chi connectivity index (χ3v) is 12.5. The summed E-state index contributed by atoms with van der Waals surface area (Å²) in [5.74, 6) is 1.62. The Morgan fingerprint density at radius 1 is 1.07 bits per heavy atom. The summed E-state index contributed by atoms with van der Waals surface area (Å²) in [6.07, 6.45) is 6.75. The summed E-state index contributed by atoms with van der Waals surface area (Å²) in [4.78, 5) is 56.1. The summed E-state index contributed by atoms with van der Waals surface area (Å²) in [6, 6.07) is 8.28. The minimum absolute atomic E-state index is 0.0550. The molecule has 220 valence electrons. The van der Waals surface area contributed by atoms with Gasteiger partial charge in [-0.05, 0) is 85.7 Å². The predicted molar refractivity (Wildman–Crippen MR) is 159 cm³/mol. The Morgan fingerprint density at radius 3 is 2.66 bits per heavy atom. The van der Waals surface area contributed by atoms with Crippen molar-refractivity contribution in [2.24, 2.45) is 46.3 Å². The number of aryl methyl sites for hydroxylation is 1. The second-order valence-corrected chi connectivity index (χ2v) is 14.3. The molecule has 0 saturated heterocycles. The third-order valence-electron chi connectivity index (χ3n) is 12.5. The number of para-hydroxylation sites is 1. The Kier molecular flexibility index (Phi) is 7.27. The first-order valence-electron chi connectivity index (χ1n) is 15.9. The maximum absolute atomic E-state index is 14.0. The van der Waals surface area contributed by atoms with Gasteiger partial charge in [-0.1, -0.05) is 39.0 Å². The molecule has 4 aliphatic rings. The Hall–Kier alpha value is -2.76. The van der Waals surface area contributed by atoms with Crippen LogP contribution in [0.25, 0.3) is 10.9 Å². The number of hydrogen-bond donors (Lipinski definition) is 2. The van der Waals surface area contributed by atoms with Crippen molar-refractivity contribution in [1.29, 1.82) is 0 Å². The van der Waals surface area contributed by atoms with Gasteiger partial charge in [-0.3, -0.25) is 19.2 Å². The Balaban J connectivity index is 1.07. The van der Waals surface area contributed by atoms with Gasteiger partial charge < -0.3 is 10.3 Å². The Morgan fingerprint density at radius 2 is 1.85 bits per heavy atom. The fourth-order valence-corrected chi connectivity index (χ4v) is 10.0. The van der Waals surface area contributed by atoms with E-state index in [-0.39, 0.29) is 52.6 Å². The molecule has 8 atom stereocenters. The van der Waals surface area contributed by atoms with Gasteiger partial charge in [0.25, 0.3) is 0 Å². The highest BCUT2D eigenvalue weighted by Crippen LogP contribution is 2.66. The zero-order valence-electron chi connectivity index (χ0n) is 25.2. The van der Waals surface area contributed by atoms with Gasteiger partial charge in [0.05, 0.1) is 0 Å². The smallest absolute Gasteiger partial charge is 0.220 e. The van der Waals surface area contributed by atoms with Crippen molar-refractivity contribution in [3.8, 4) is 0 Å². The average molecular weight is 559 g/mol. The van der Waals surface area contributed by atoms with Gasteiger partial charge in [-0.2, -0.15) is 0 Å². The Labute approximate surface area is 243 Å². The molecule has 1 aromatic heterocycles. The Bertz CT molecular complexity index is 1390. The van der Waals surface area contributed by atoms with Crippen LogP contribution in [0.2, 0.25) is 0 Å². The van der Waals surface area contributed by atoms with Crippen LogP contribution in [0, 0.1) is 53.3 Å². The van der Waals surface area contributed by atoms with Crippen LogP contribution < -0.4 is 5.32 Å². The number of Topliss-reactive ketones (excluding diaryl/α,β-unsaturated/α-hetero) is 3. The molecule has 0 radical (unpaired) electrons. The lowest BCUT2D eigenvalue weighted by molar-refractivity contribution is -0.166. The number of rotatable bonds is 7. The van der Waals surface area contributed by atoms with Gasteiger partial charge in [-0.25, -0.2) is 0 Å². The molecule has 2 N–H and O–H groups in total. The molecule has 1 aromatic carbocycles. The SMILES string of the molecule is Cc1[nH]c2ccccc2c1CCNC(=O)CC[C@@H](C)[C@H]1CC[C@H]2[C@@H]3C(=O)C[C@@H]4CC(=O)CC[C@]4(C)[C@H]3CC(=O)[C@]12C. The van der Waals surface area contributed by atoms with E-state index in [0.29, 0.717) is 50.2 Å². The molecule has 4 aliphatic carbocycles. The first-order valence-corrected chi connectivity index (χ1v) is 15.9. The van der Waals surface area contributed by atoms with Crippen molar-refractivity contribution in [2.45, 2.75) is 91.9 Å². The molecular formula is C35H46N2O4. The molecular weight excluding hydrogens is 512 g/mol. The van der Waals surface area contributed by atoms with Crippen molar-refractivity contribution in [1.82, 2.24) is 10.3 Å². The maximum Gasteiger partial charge on any atom is 0.220 e. The van der Waals surface area contributed by atoms with Crippen molar-refractivity contribution in [2.75, 3.05) is 6.54 Å². The standard InChI is InChI=1S/C35H46N2O4/c1-20(9-12-32(41)36-16-14-24-21(2)37-29-8-6-5-7-25(24)29)26-10-11-27-33-28(19-31(40)35(26,27)4)34(3)15-13-23(38)17-22(34)18-30(33)39/h5-8,20,22,26-28,33,37H,9-19H2,1-4H3,(H,36,41)/t20-,22+,26-,27+,28+,33+,34+,35-/m1/s1. The van der Waals surface area contributed by atoms with Crippen LogP contribution in [-0.4, -0.2) is 34.8 Å². The highest BCUT2D eigenvalue weighted by molar-refractivity contribution is 5.93. The minimum atomic E-state index is -0.493. The normalized spacial score (nSPS) is 35.6. The molecule has 6 nitrogen and oxygen atoms in total. The van der Waals surface area contributed by atoms with E-state index in [1.54, 1.807) is 0 Å². The highest BCUT2D eigenvalue weighted by atomic mass is 16.2. The molecule has 1 heterocycles. The number of nitrogens with one attached hydrogen (secondary N) is 2. The summed E-state index contributed by atoms with van der Waals surface area (Å²) in [7, 11) is 0. The average Bonchev–Trinajstić information content (AvgIpc) is 3.46. The number of aromatic nitrogens is 1. The predicted octanol–water partition coefficient (Wildman–Crippen LogP) is 6.14. The molecule has 1 amide bonds. The summed E-state index contributed by atoms with van der Waals surface area (Å²) in [5, 5.41) is 4.34. The number of aromatic amines is 1. The van der Waals surface area contributed by atoms with E-state index in [2.05, 4.69) is 50.1 Å². The highest BCUT2D eigenvalue weighted by Gasteiger charge is 2.66. The van der Waals surface area contributed by atoms with Gasteiger partial charge in [0.2, 0.25) is 5.91 Å². The molecule has 6 heteroatoms. The lowest BCUT2D eigenvalue weighted by Crippen LogP contribution is -2.60. The number of hydrogen-bond acceptors (Lipinski definition) is 4. The van der Waals surface area contributed by atoms with Crippen LogP contribution in [0.15, 0.2) is 24.3 Å². The minimum Gasteiger partial charge on any atom is -0.358 e. The summed E-state index contributed by atoms with van der Waals surface area (Å²) >= 11 is 0. The first kappa shape index (κ1) is 28.4. The molecule has 0 bridgehead atoms. The molecule has 4 fully saturated rings. The van der Waals surface area contributed by atoms with E-state index in [1.165, 1.54) is 10.9 Å². The van der Waals surface area contributed by atoms with Gasteiger partial charge in [0.1, 0.15) is 17.3 Å². The van der Waals surface area contributed by atoms with Crippen LogP contribution in [0.1, 0.15) is 89.8 Å². The quantitative estimate of drug-likeness (QED) is 0.427. The molecule has 0 unspecified atom stereocenters. The molecule has 41 heavy (non-hydrogen) atoms. The van der Waals surface area contributed by atoms with Crippen molar-refractivity contribution in [3.63, 3.8) is 0 Å². The number of carbonyl (C=O) groups is 4. The first-order chi connectivity index (χ1) is 19.5. The number of H-pyrrole nitrogens is 1. The topological polar surface area (TPSA) is 96.1 Å². The lowest BCUT2D eigenvalue weighted by atomic mass is 9.44. The molecule has 2 aromatic rings. The van der Waals surface area contributed by atoms with E-state index in [0.717, 1.165) is 43.3 Å². The largest absolute Gasteiger partial charge is 0.358 e. The number of fused-ring (bicyclic) bond motifs is 6. The van der Waals surface area contributed by atoms with Crippen molar-refractivity contribution >= 4 is 34.2 Å². The van der Waals surface area contributed by atoms with E-state index in [1.807, 2.05) is 12.1 Å². The van der Waals surface area contributed by atoms with Gasteiger partial charge in [0, 0.05) is 66.6 Å². The molecule has 6 rings (SSSR count). The van der Waals surface area contributed by atoms with Crippen LogP contribution in [0.4, 0.5) is 0 Å². The summed E-state index contributed by atoms with van der Waals surface area (Å²) in [6.45, 7) is 9.29. The third kappa shape index (κ3) is 4.60. The number of ketones is 3. The van der Waals surface area contributed by atoms with Gasteiger partial charge >= 0.3 is 0 Å². The van der Waals surface area contributed by atoms with E-state index >= 15 is 0 Å². The van der Waals surface area contributed by atoms with Gasteiger partial charge in [-0.15, -0.1) is 0 Å². The second kappa shape index (κ2) is 10.5. The molecule has 0 spiro atoms. The fourth-order valence-electron chi connectivity index (χ4n) is 10.0. The van der Waals surface area contributed by atoms with Crippen LogP contribution in [-0.2, 0) is 25.6 Å². The van der Waals surface area contributed by atoms with Crippen molar-refractivity contribution in [3.05, 3.63) is 35.5 Å². The van der Waals surface area contributed by atoms with Gasteiger partial charge in [0.15, 0.2) is 0 Å². The molecule has 0 aliphatic heterocycles. The summed E-state index contributed by atoms with van der Waals surface area (Å²) < 4.78 is 0. The summed E-state index contributed by atoms with van der Waals surface area (Å²) in [5.41, 5.74) is 2.95. The van der Waals surface area contributed by atoms with Crippen LogP contribution in [0.3, 0.4) is 0 Å². The van der Waals surface area contributed by atoms with E-state index in [9.17, 15) is 19.2 Å². The van der Waals surface area contributed by atoms with E-state index < -0.39 is 5.41 Å². The monoisotopic (exact) mass is 558 g/mol. The zero-order chi connectivity index (χ0) is 29.1. The van der Waals surface area contributed by atoms with E-state index in [4.69, 9.17) is 0 Å². The number of amides is 1. The number of carbonyl (C=O) groups excluding carboxylic acids is 4. The molecule has 4 saturated carbocycles. The number of benzene rings is 1. The van der Waals surface area contributed by atoms with Crippen LogP contribution >= 0.6 is 0 Å².